The molecule has 8 heteroatoms. The minimum atomic E-state index is -1.07. The Labute approximate surface area is 143 Å². The molecule has 0 aliphatic carbocycles. The van der Waals surface area contributed by atoms with Gasteiger partial charge in [0.15, 0.2) is 6.10 Å². The van der Waals surface area contributed by atoms with Crippen LogP contribution in [0.15, 0.2) is 24.3 Å². The van der Waals surface area contributed by atoms with E-state index >= 15 is 0 Å². The van der Waals surface area contributed by atoms with Crippen LogP contribution >= 0.6 is 23.2 Å². The number of urea groups is 1. The Bertz CT molecular complexity index is 655. The van der Waals surface area contributed by atoms with E-state index in [1.54, 1.807) is 18.2 Å². The first-order valence-corrected chi connectivity index (χ1v) is 7.57. The molecule has 1 aliphatic heterocycles. The van der Waals surface area contributed by atoms with Crippen LogP contribution in [0.5, 0.6) is 0 Å². The molecule has 0 unspecified atom stereocenters. The van der Waals surface area contributed by atoms with E-state index in [0.29, 0.717) is 22.2 Å². The highest BCUT2D eigenvalue weighted by molar-refractivity contribution is 6.37. The molecule has 0 spiro atoms. The smallest absolute Gasteiger partial charge is 0.331 e. The van der Waals surface area contributed by atoms with Crippen LogP contribution < -0.4 is 5.32 Å². The lowest BCUT2D eigenvalue weighted by Crippen LogP contribution is -2.41. The number of ether oxygens (including phenoxy) is 1. The van der Waals surface area contributed by atoms with Gasteiger partial charge in [-0.15, -0.1) is 0 Å². The van der Waals surface area contributed by atoms with E-state index in [2.05, 4.69) is 5.32 Å². The normalized spacial score (nSPS) is 15.6. The zero-order valence-corrected chi connectivity index (χ0v) is 13.7. The van der Waals surface area contributed by atoms with Crippen molar-refractivity contribution in [2.24, 2.45) is 0 Å². The fourth-order valence-electron chi connectivity index (χ4n) is 1.99. The molecule has 0 radical (unpaired) electrons. The number of benzene rings is 1. The van der Waals surface area contributed by atoms with Gasteiger partial charge in [-0.05, 0) is 25.1 Å². The van der Waals surface area contributed by atoms with E-state index in [4.69, 9.17) is 27.9 Å². The third-order valence-corrected chi connectivity index (χ3v) is 3.81. The number of esters is 1. The Morgan fingerprint density at radius 1 is 1.35 bits per heavy atom. The molecule has 1 heterocycles. The van der Waals surface area contributed by atoms with E-state index in [1.807, 2.05) is 0 Å². The Morgan fingerprint density at radius 3 is 2.57 bits per heavy atom. The molecule has 1 N–H and O–H groups in total. The fraction of sp³-hybridized carbons (Fsp3) is 0.267. The van der Waals surface area contributed by atoms with Gasteiger partial charge in [-0.2, -0.15) is 0 Å². The number of nitrogens with one attached hydrogen (secondary N) is 1. The summed E-state index contributed by atoms with van der Waals surface area (Å²) in [6.07, 6.45) is 1.46. The van der Waals surface area contributed by atoms with Gasteiger partial charge in [0.2, 0.25) is 0 Å². The van der Waals surface area contributed by atoms with E-state index < -0.39 is 24.0 Å². The summed E-state index contributed by atoms with van der Waals surface area (Å²) in [7, 11) is 0. The van der Waals surface area contributed by atoms with Crippen LogP contribution in [0.4, 0.5) is 4.79 Å². The van der Waals surface area contributed by atoms with Crippen LogP contribution in [0.25, 0.3) is 6.08 Å². The molecule has 23 heavy (non-hydrogen) atoms. The lowest BCUT2D eigenvalue weighted by atomic mass is 10.2. The van der Waals surface area contributed by atoms with E-state index in [-0.39, 0.29) is 6.54 Å². The molecule has 2 rings (SSSR count). The van der Waals surface area contributed by atoms with Gasteiger partial charge in [0.1, 0.15) is 0 Å². The number of hydrogen-bond acceptors (Lipinski definition) is 4. The maximum Gasteiger partial charge on any atom is 0.331 e. The van der Waals surface area contributed by atoms with Crippen molar-refractivity contribution in [3.63, 3.8) is 0 Å². The van der Waals surface area contributed by atoms with Crippen molar-refractivity contribution in [1.82, 2.24) is 10.2 Å². The predicted octanol–water partition coefficient (Wildman–Crippen LogP) is 2.49. The zero-order chi connectivity index (χ0) is 17.0. The van der Waals surface area contributed by atoms with Crippen molar-refractivity contribution < 1.29 is 19.1 Å². The van der Waals surface area contributed by atoms with Crippen molar-refractivity contribution in [2.75, 3.05) is 13.1 Å². The minimum Gasteiger partial charge on any atom is -0.449 e. The highest BCUT2D eigenvalue weighted by atomic mass is 35.5. The molecule has 0 saturated carbocycles. The average Bonchev–Trinajstić information content (AvgIpc) is 2.92. The molecule has 1 atom stereocenters. The van der Waals surface area contributed by atoms with E-state index in [1.165, 1.54) is 13.0 Å². The fourth-order valence-corrected chi connectivity index (χ4v) is 2.51. The molecule has 1 fully saturated rings. The second kappa shape index (κ2) is 7.48. The largest absolute Gasteiger partial charge is 0.449 e. The predicted molar refractivity (Wildman–Crippen MR) is 86.2 cm³/mol. The molecule has 0 aromatic heterocycles. The molecule has 1 aromatic carbocycles. The monoisotopic (exact) mass is 356 g/mol. The number of amides is 3. The Morgan fingerprint density at radius 2 is 2.00 bits per heavy atom. The van der Waals surface area contributed by atoms with Crippen LogP contribution in [0.1, 0.15) is 12.5 Å². The van der Waals surface area contributed by atoms with Gasteiger partial charge in [-0.1, -0.05) is 29.3 Å². The molecule has 3 amide bonds. The maximum absolute atomic E-state index is 12.0. The standard InChI is InChI=1S/C15H14Cl2N2O4/c1-9(14(21)19-8-7-18-15(19)22)23-13(20)6-5-10-11(16)3-2-4-12(10)17/h2-6,9H,7-8H2,1H3,(H,18,22)/b6-5+/t9-/m1/s1. The summed E-state index contributed by atoms with van der Waals surface area (Å²) in [5.41, 5.74) is 0.477. The number of rotatable bonds is 4. The van der Waals surface area contributed by atoms with Crippen LogP contribution in [-0.2, 0) is 14.3 Å². The highest BCUT2D eigenvalue weighted by Crippen LogP contribution is 2.25. The van der Waals surface area contributed by atoms with Crippen molar-refractivity contribution in [3.8, 4) is 0 Å². The SMILES string of the molecule is C[C@@H](OC(=O)/C=C/c1c(Cl)cccc1Cl)C(=O)N1CCNC1=O. The van der Waals surface area contributed by atoms with Crippen molar-refractivity contribution in [2.45, 2.75) is 13.0 Å². The molecule has 122 valence electrons. The highest BCUT2D eigenvalue weighted by Gasteiger charge is 2.31. The summed E-state index contributed by atoms with van der Waals surface area (Å²) in [6.45, 7) is 2.04. The number of imide groups is 1. The Balaban J connectivity index is 1.97. The molecule has 6 nitrogen and oxygen atoms in total. The molecule has 1 aliphatic rings. The molecular formula is C15H14Cl2N2O4. The number of halogens is 2. The van der Waals surface area contributed by atoms with Crippen LogP contribution in [0.3, 0.4) is 0 Å². The summed E-state index contributed by atoms with van der Waals surface area (Å²) in [5, 5.41) is 3.28. The quantitative estimate of drug-likeness (QED) is 0.664. The summed E-state index contributed by atoms with van der Waals surface area (Å²) in [5.74, 6) is -1.31. The van der Waals surface area contributed by atoms with Crippen molar-refractivity contribution in [3.05, 3.63) is 39.9 Å². The van der Waals surface area contributed by atoms with E-state index in [9.17, 15) is 14.4 Å². The van der Waals surface area contributed by atoms with Gasteiger partial charge in [-0.3, -0.25) is 9.69 Å². The van der Waals surface area contributed by atoms with Gasteiger partial charge in [0.05, 0.1) is 0 Å². The zero-order valence-electron chi connectivity index (χ0n) is 12.2. The van der Waals surface area contributed by atoms with Gasteiger partial charge < -0.3 is 10.1 Å². The lowest BCUT2D eigenvalue weighted by molar-refractivity contribution is -0.153. The van der Waals surface area contributed by atoms with Gasteiger partial charge in [-0.25, -0.2) is 9.59 Å². The molecular weight excluding hydrogens is 343 g/mol. The van der Waals surface area contributed by atoms with Crippen LogP contribution in [0.2, 0.25) is 10.0 Å². The van der Waals surface area contributed by atoms with Crippen molar-refractivity contribution in [1.29, 1.82) is 0 Å². The first-order chi connectivity index (χ1) is 10.9. The number of carbonyl (C=O) groups excluding carboxylic acids is 3. The third-order valence-electron chi connectivity index (χ3n) is 3.15. The summed E-state index contributed by atoms with van der Waals surface area (Å²) in [6, 6.07) is 4.46. The van der Waals surface area contributed by atoms with Crippen LogP contribution in [-0.4, -0.2) is 42.0 Å². The average molecular weight is 357 g/mol. The first-order valence-electron chi connectivity index (χ1n) is 6.82. The lowest BCUT2D eigenvalue weighted by Gasteiger charge is -2.17. The molecule has 1 aromatic rings. The first kappa shape index (κ1) is 17.3. The Kier molecular flexibility index (Phi) is 5.63. The summed E-state index contributed by atoms with van der Waals surface area (Å²) < 4.78 is 4.99. The van der Waals surface area contributed by atoms with Crippen molar-refractivity contribution >= 4 is 47.2 Å². The topological polar surface area (TPSA) is 75.7 Å². The summed E-state index contributed by atoms with van der Waals surface area (Å²) in [4.78, 5) is 36.2. The van der Waals surface area contributed by atoms with E-state index in [0.717, 1.165) is 11.0 Å². The van der Waals surface area contributed by atoms with Gasteiger partial charge in [0.25, 0.3) is 5.91 Å². The Hall–Kier alpha value is -2.05. The van der Waals surface area contributed by atoms with Gasteiger partial charge in [0, 0.05) is 34.8 Å². The second-order valence-corrected chi connectivity index (χ2v) is 5.58. The second-order valence-electron chi connectivity index (χ2n) is 4.77. The van der Waals surface area contributed by atoms with Crippen LogP contribution in [0, 0.1) is 0 Å². The summed E-state index contributed by atoms with van der Waals surface area (Å²) >= 11 is 12.0. The third kappa shape index (κ3) is 4.24. The maximum atomic E-state index is 12.0. The number of nitrogens with zero attached hydrogens (tertiary/aromatic N) is 1. The van der Waals surface area contributed by atoms with Gasteiger partial charge >= 0.3 is 12.0 Å². The minimum absolute atomic E-state index is 0.255. The molecule has 0 bridgehead atoms. The molecule has 1 saturated heterocycles. The number of hydrogen-bond donors (Lipinski definition) is 1. The number of carbonyl (C=O) groups is 3.